The molecule has 0 fully saturated rings. The molecule has 0 atom stereocenters. The minimum Gasteiger partial charge on any atom is -0.459 e. The lowest BCUT2D eigenvalue weighted by atomic mass is 10.4. The second-order valence-corrected chi connectivity index (χ2v) is 20.7. The van der Waals surface area contributed by atoms with Crippen LogP contribution in [-0.2, 0) is 118 Å². The topological polar surface area (TPSA) is 500 Å². The number of rotatable bonds is 17. The summed E-state index contributed by atoms with van der Waals surface area (Å²) in [5.74, 6) is -0.173. The van der Waals surface area contributed by atoms with Crippen molar-refractivity contribution in [2.75, 3.05) is 0 Å². The Labute approximate surface area is 550 Å². The van der Waals surface area contributed by atoms with Crippen molar-refractivity contribution in [2.45, 2.75) is 98.2 Å². The summed E-state index contributed by atoms with van der Waals surface area (Å²) < 4.78 is 21.9. The summed E-state index contributed by atoms with van der Waals surface area (Å²) in [6, 6.07) is 0. The van der Waals surface area contributed by atoms with Gasteiger partial charge in [-0.1, -0.05) is 52.6 Å². The summed E-state index contributed by atoms with van der Waals surface area (Å²) in [7, 11) is 11.8. The molecule has 0 amide bonds. The number of nitrogens with zero attached hydrogens (tertiary/aromatic N) is 21. The normalized spacial score (nSPS) is 10.2. The SMILES string of the molecule is CC(=O)OCc1c([N+](=O)[O-])nc(Br)n1C.CCc1nc([N+](=O)[O-])c(CBr)n1C.CCc1nc([N+](=O)[O-])c(CO)n1C.CCc1nc([N+](=O)[O-])c(COC(C)=O)n1C.Cc1c([N+](=O)[O-])nc(Br)n1C.Cc1c([N+](=O)[O-])ncn1C.Cn1c(Br)nc([N+](=O)[O-])c1CBr. The number of aliphatic hydroxyl groups excluding tert-OH is 1. The summed E-state index contributed by atoms with van der Waals surface area (Å²) in [6.07, 6.45) is 3.31. The third-order valence-corrected chi connectivity index (χ3v) is 15.2. The van der Waals surface area contributed by atoms with E-state index in [2.05, 4.69) is 119 Å². The number of aryl methyl sites for hydroxylation is 4. The highest BCUT2D eigenvalue weighted by Gasteiger charge is 2.29. The molecule has 7 heterocycles. The van der Waals surface area contributed by atoms with E-state index in [9.17, 15) is 80.4 Å². The highest BCUT2D eigenvalue weighted by molar-refractivity contribution is 9.11. The number of esters is 2. The van der Waals surface area contributed by atoms with E-state index in [0.29, 0.717) is 84.2 Å². The van der Waals surface area contributed by atoms with Gasteiger partial charge in [0.25, 0.3) is 14.2 Å². The van der Waals surface area contributed by atoms with Crippen molar-refractivity contribution in [3.63, 3.8) is 0 Å². The number of hydrogen-bond acceptors (Lipinski definition) is 26. The Hall–Kier alpha value is -8.43. The van der Waals surface area contributed by atoms with Gasteiger partial charge >= 0.3 is 52.7 Å². The Morgan fingerprint density at radius 3 is 0.967 bits per heavy atom. The van der Waals surface area contributed by atoms with Crippen LogP contribution in [0.2, 0.25) is 0 Å². The van der Waals surface area contributed by atoms with Gasteiger partial charge in [0.2, 0.25) is 23.8 Å². The molecule has 0 spiro atoms. The molecular weight excluding hydrogens is 1540 g/mol. The van der Waals surface area contributed by atoms with Crippen LogP contribution in [0.15, 0.2) is 20.5 Å². The number of hydrogen-bond donors (Lipinski definition) is 1. The average molecular weight is 1600 g/mol. The Morgan fingerprint density at radius 1 is 0.444 bits per heavy atom. The van der Waals surface area contributed by atoms with Crippen molar-refractivity contribution in [1.82, 2.24) is 66.9 Å². The fourth-order valence-electron chi connectivity index (χ4n) is 6.86. The van der Waals surface area contributed by atoms with Crippen LogP contribution in [0.3, 0.4) is 0 Å². The first-order valence-corrected chi connectivity index (χ1v) is 29.7. The molecule has 0 aromatic carbocycles. The van der Waals surface area contributed by atoms with Crippen LogP contribution >= 0.6 is 79.6 Å². The third-order valence-electron chi connectivity index (χ3n) is 12.0. The van der Waals surface area contributed by atoms with E-state index < -0.39 is 46.4 Å². The number of carbonyl (C=O) groups is 2. The van der Waals surface area contributed by atoms with Crippen LogP contribution in [0, 0.1) is 84.6 Å². The first kappa shape index (κ1) is 79.6. The molecule has 7 aromatic heterocycles. The molecule has 0 saturated carbocycles. The highest BCUT2D eigenvalue weighted by Crippen LogP contribution is 2.26. The average Bonchev–Trinajstić information content (AvgIpc) is 3.90. The predicted octanol–water partition coefficient (Wildman–Crippen LogP) is 8.30. The molecule has 0 aliphatic carbocycles. The number of ether oxygens (including phenoxy) is 2. The molecule has 0 aliphatic rings. The molecule has 45 heteroatoms. The van der Waals surface area contributed by atoms with Gasteiger partial charge in [-0.3, -0.25) is 23.3 Å². The smallest absolute Gasteiger partial charge is 0.389 e. The Kier molecular flexibility index (Phi) is 32.6. The molecular formula is C45H60Br5N21O19. The van der Waals surface area contributed by atoms with Gasteiger partial charge in [0.15, 0.2) is 11.4 Å². The van der Waals surface area contributed by atoms with E-state index in [1.165, 1.54) is 24.7 Å². The molecule has 40 nitrogen and oxygen atoms in total. The van der Waals surface area contributed by atoms with Gasteiger partial charge in [0.05, 0.1) is 17.3 Å². The van der Waals surface area contributed by atoms with Crippen LogP contribution in [0.1, 0.15) is 91.9 Å². The van der Waals surface area contributed by atoms with Gasteiger partial charge in [0.1, 0.15) is 41.7 Å². The Balaban J connectivity index is 0.000000527. The standard InChI is InChI=1S/C9H13N3O4.C7H8BrN3O4.C7H10BrN3O2.C7H11N3O3.C5H5Br2N3O2.C5H6BrN3O2.C5H7N3O2/c1-4-8-10-9(12(14)15)7(11(8)3)5-16-6(2)13;1-4(12)15-3-5-6(11(13)14)9-7(8)10(5)2;1-3-6-9-7(11(12)13)5(4-8)10(6)2;1-3-6-8-7(10(12)13)5(4-11)9(6)2;1-9-3(2-6)4(10(11)12)8-5(9)7;1-3-4(9(10)11)7-5(6)8(3)2;1-4-5(8(9)10)6-3-7(4)2/h4-5H2,1-3H3;3H2,1-2H3;3-4H2,1-2H3;11H,3-4H2,1-2H3;2H2,1H3;1-2H3;3H,1-2H3. The van der Waals surface area contributed by atoms with Crippen molar-refractivity contribution < 1.29 is 58.6 Å². The van der Waals surface area contributed by atoms with Crippen molar-refractivity contribution >= 4 is 132 Å². The second-order valence-electron chi connectivity index (χ2n) is 17.5. The maximum Gasteiger partial charge on any atom is 0.389 e. The fourth-order valence-corrected chi connectivity index (χ4v) is 9.31. The van der Waals surface area contributed by atoms with Gasteiger partial charge in [-0.05, 0) is 83.2 Å². The van der Waals surface area contributed by atoms with Crippen LogP contribution < -0.4 is 0 Å². The van der Waals surface area contributed by atoms with Crippen LogP contribution in [0.4, 0.5) is 40.7 Å². The lowest BCUT2D eigenvalue weighted by Gasteiger charge is -2.02. The minimum atomic E-state index is -0.621. The molecule has 90 heavy (non-hydrogen) atoms. The maximum atomic E-state index is 10.7. The molecule has 0 radical (unpaired) electrons. The van der Waals surface area contributed by atoms with Crippen LogP contribution in [0.25, 0.3) is 0 Å². The van der Waals surface area contributed by atoms with E-state index in [1.54, 1.807) is 90.6 Å². The summed E-state index contributed by atoms with van der Waals surface area (Å²) in [6.45, 7) is 10.8. The fraction of sp³-hybridized carbons (Fsp3) is 0.489. The summed E-state index contributed by atoms with van der Waals surface area (Å²) >= 11 is 15.6. The van der Waals surface area contributed by atoms with Crippen molar-refractivity contribution in [3.05, 3.63) is 149 Å². The first-order chi connectivity index (χ1) is 41.9. The van der Waals surface area contributed by atoms with Gasteiger partial charge in [0, 0.05) is 130 Å². The Morgan fingerprint density at radius 2 is 0.722 bits per heavy atom. The summed E-state index contributed by atoms with van der Waals surface area (Å²) in [5, 5.41) is 83.0. The molecule has 0 unspecified atom stereocenters. The zero-order valence-corrected chi connectivity index (χ0v) is 58.2. The molecule has 7 aromatic rings. The van der Waals surface area contributed by atoms with Crippen molar-refractivity contribution in [3.8, 4) is 0 Å². The number of aliphatic hydroxyl groups is 1. The number of nitro groups is 7. The van der Waals surface area contributed by atoms with Gasteiger partial charge in [-0.15, -0.1) is 0 Å². The number of imidazole rings is 7. The number of halogens is 5. The van der Waals surface area contributed by atoms with E-state index in [-0.39, 0.29) is 71.9 Å². The van der Waals surface area contributed by atoms with Crippen LogP contribution in [0.5, 0.6) is 0 Å². The number of carbonyl (C=O) groups excluding carboxylic acids is 2. The monoisotopic (exact) mass is 1590 g/mol. The van der Waals surface area contributed by atoms with Crippen LogP contribution in [-0.4, -0.2) is 118 Å². The lowest BCUT2D eigenvalue weighted by Crippen LogP contribution is -2.06. The van der Waals surface area contributed by atoms with Gasteiger partial charge < -0.3 is 104 Å². The van der Waals surface area contributed by atoms with Gasteiger partial charge in [-0.25, -0.2) is 0 Å². The molecule has 494 valence electrons. The lowest BCUT2D eigenvalue weighted by molar-refractivity contribution is -0.390. The quantitative estimate of drug-likeness (QED) is 0.0387. The minimum absolute atomic E-state index is 0.0452. The number of aromatic nitrogens is 14. The second kappa shape index (κ2) is 36.9. The summed E-state index contributed by atoms with van der Waals surface area (Å²) in [4.78, 5) is 117. The predicted molar refractivity (Wildman–Crippen MR) is 332 cm³/mol. The summed E-state index contributed by atoms with van der Waals surface area (Å²) in [5.41, 5.74) is 3.07. The molecule has 7 rings (SSSR count). The Bertz CT molecular complexity index is 3670. The van der Waals surface area contributed by atoms with Gasteiger partial charge in [-0.2, -0.15) is 0 Å². The molecule has 0 aliphatic heterocycles. The zero-order chi connectivity index (χ0) is 69.5. The zero-order valence-electron chi connectivity index (χ0n) is 50.3. The first-order valence-electron chi connectivity index (χ1n) is 25.1. The number of alkyl halides is 2. The van der Waals surface area contributed by atoms with E-state index >= 15 is 0 Å². The molecule has 0 bridgehead atoms. The largest absolute Gasteiger partial charge is 0.459 e. The molecule has 0 saturated heterocycles. The molecule has 1 N–H and O–H groups in total. The van der Waals surface area contributed by atoms with E-state index in [4.69, 9.17) is 9.84 Å². The van der Waals surface area contributed by atoms with Crippen molar-refractivity contribution in [1.29, 1.82) is 0 Å². The van der Waals surface area contributed by atoms with E-state index in [1.807, 2.05) is 20.8 Å². The highest BCUT2D eigenvalue weighted by atomic mass is 79.9. The van der Waals surface area contributed by atoms with Crippen molar-refractivity contribution in [2.24, 2.45) is 49.3 Å². The maximum absolute atomic E-state index is 10.7. The third kappa shape index (κ3) is 21.7. The van der Waals surface area contributed by atoms with E-state index in [0.717, 1.165) is 5.82 Å².